The van der Waals surface area contributed by atoms with Crippen molar-refractivity contribution in [2.24, 2.45) is 0 Å². The molecule has 19 heavy (non-hydrogen) atoms. The van der Waals surface area contributed by atoms with Gasteiger partial charge < -0.3 is 9.42 Å². The fourth-order valence-electron chi connectivity index (χ4n) is 2.45. The van der Waals surface area contributed by atoms with E-state index in [1.807, 2.05) is 24.4 Å². The van der Waals surface area contributed by atoms with Crippen molar-refractivity contribution < 1.29 is 4.52 Å². The first kappa shape index (κ1) is 12.1. The van der Waals surface area contributed by atoms with E-state index in [-0.39, 0.29) is 12.0 Å². The van der Waals surface area contributed by atoms with Crippen LogP contribution in [0, 0.1) is 0 Å². The van der Waals surface area contributed by atoms with Crippen LogP contribution in [0.25, 0.3) is 0 Å². The van der Waals surface area contributed by atoms with Crippen molar-refractivity contribution in [3.8, 4) is 0 Å². The average molecular weight is 258 g/mol. The van der Waals surface area contributed by atoms with Gasteiger partial charge in [0, 0.05) is 18.7 Å². The van der Waals surface area contributed by atoms with Gasteiger partial charge in [-0.1, -0.05) is 25.1 Å². The van der Waals surface area contributed by atoms with Gasteiger partial charge in [-0.05, 0) is 25.0 Å². The topological polar surface area (TPSA) is 55.1 Å². The molecule has 1 aliphatic rings. The van der Waals surface area contributed by atoms with Gasteiger partial charge in [0.05, 0.1) is 6.04 Å². The van der Waals surface area contributed by atoms with E-state index in [1.54, 1.807) is 0 Å². The lowest BCUT2D eigenvalue weighted by Gasteiger charge is -2.22. The minimum atomic E-state index is 0.186. The summed E-state index contributed by atoms with van der Waals surface area (Å²) in [4.78, 5) is 11.2. The molecule has 100 valence electrons. The van der Waals surface area contributed by atoms with E-state index in [4.69, 9.17) is 4.52 Å². The smallest absolute Gasteiger partial charge is 0.229 e. The lowest BCUT2D eigenvalue weighted by molar-refractivity contribution is 0.358. The Bertz CT molecular complexity index is 537. The highest BCUT2D eigenvalue weighted by Gasteiger charge is 2.31. The van der Waals surface area contributed by atoms with Crippen LogP contribution in [0.5, 0.6) is 0 Å². The molecule has 1 unspecified atom stereocenters. The normalized spacial score (nSPS) is 19.3. The van der Waals surface area contributed by atoms with Crippen LogP contribution < -0.4 is 4.90 Å². The van der Waals surface area contributed by atoms with Gasteiger partial charge in [0.15, 0.2) is 5.82 Å². The van der Waals surface area contributed by atoms with Crippen molar-refractivity contribution in [2.75, 3.05) is 11.4 Å². The molecule has 1 atom stereocenters. The maximum Gasteiger partial charge on any atom is 0.229 e. The molecule has 0 aliphatic carbocycles. The summed E-state index contributed by atoms with van der Waals surface area (Å²) >= 11 is 0. The van der Waals surface area contributed by atoms with Gasteiger partial charge in [0.1, 0.15) is 5.82 Å². The molecule has 0 spiro atoms. The quantitative estimate of drug-likeness (QED) is 0.847. The van der Waals surface area contributed by atoms with Crippen LogP contribution in [-0.2, 0) is 0 Å². The van der Waals surface area contributed by atoms with Gasteiger partial charge in [-0.2, -0.15) is 4.98 Å². The molecule has 1 aliphatic heterocycles. The Labute approximate surface area is 112 Å². The highest BCUT2D eigenvalue weighted by atomic mass is 16.5. The number of anilines is 1. The van der Waals surface area contributed by atoms with E-state index < -0.39 is 0 Å². The zero-order valence-corrected chi connectivity index (χ0v) is 11.3. The first-order valence-electron chi connectivity index (χ1n) is 6.77. The number of pyridine rings is 1. The summed E-state index contributed by atoms with van der Waals surface area (Å²) in [6, 6.07) is 6.15. The summed E-state index contributed by atoms with van der Waals surface area (Å²) in [6.07, 6.45) is 4.00. The van der Waals surface area contributed by atoms with Crippen molar-refractivity contribution in [1.82, 2.24) is 15.1 Å². The van der Waals surface area contributed by atoms with Gasteiger partial charge in [0.25, 0.3) is 0 Å². The van der Waals surface area contributed by atoms with Crippen molar-refractivity contribution in [2.45, 2.75) is 38.6 Å². The van der Waals surface area contributed by atoms with Crippen molar-refractivity contribution in [3.05, 3.63) is 36.1 Å². The third kappa shape index (κ3) is 2.32. The molecule has 0 saturated carbocycles. The summed E-state index contributed by atoms with van der Waals surface area (Å²) in [7, 11) is 0. The van der Waals surface area contributed by atoms with Crippen LogP contribution in [-0.4, -0.2) is 21.7 Å². The first-order valence-corrected chi connectivity index (χ1v) is 6.77. The molecule has 5 nitrogen and oxygen atoms in total. The molecule has 2 aromatic rings. The van der Waals surface area contributed by atoms with Crippen LogP contribution in [0.1, 0.15) is 50.4 Å². The predicted molar refractivity (Wildman–Crippen MR) is 71.9 cm³/mol. The van der Waals surface area contributed by atoms with Gasteiger partial charge in [-0.25, -0.2) is 4.98 Å². The lowest BCUT2D eigenvalue weighted by Crippen LogP contribution is -2.24. The van der Waals surface area contributed by atoms with E-state index >= 15 is 0 Å². The SMILES string of the molecule is CC(C)c1nc(C2CCCN2c2ccccn2)no1. The summed E-state index contributed by atoms with van der Waals surface area (Å²) in [5.74, 6) is 2.75. The number of rotatable bonds is 3. The van der Waals surface area contributed by atoms with Crippen LogP contribution in [0.4, 0.5) is 5.82 Å². The summed E-state index contributed by atoms with van der Waals surface area (Å²) in [5.41, 5.74) is 0. The summed E-state index contributed by atoms with van der Waals surface area (Å²) < 4.78 is 5.31. The van der Waals surface area contributed by atoms with Gasteiger partial charge in [-0.3, -0.25) is 0 Å². The molecular weight excluding hydrogens is 240 g/mol. The molecule has 3 heterocycles. The Balaban J connectivity index is 1.86. The molecular formula is C14H18N4O. The van der Waals surface area contributed by atoms with E-state index in [9.17, 15) is 0 Å². The zero-order valence-electron chi connectivity index (χ0n) is 11.3. The Morgan fingerprint density at radius 1 is 1.37 bits per heavy atom. The molecule has 0 bridgehead atoms. The van der Waals surface area contributed by atoms with Gasteiger partial charge in [0.2, 0.25) is 5.89 Å². The van der Waals surface area contributed by atoms with Crippen molar-refractivity contribution in [1.29, 1.82) is 0 Å². The number of aromatic nitrogens is 3. The van der Waals surface area contributed by atoms with Crippen molar-refractivity contribution >= 4 is 5.82 Å². The second kappa shape index (κ2) is 4.99. The second-order valence-electron chi connectivity index (χ2n) is 5.18. The molecule has 2 aromatic heterocycles. The molecule has 0 aromatic carbocycles. The van der Waals surface area contributed by atoms with Crippen molar-refractivity contribution in [3.63, 3.8) is 0 Å². The maximum absolute atomic E-state index is 5.31. The van der Waals surface area contributed by atoms with E-state index in [1.165, 1.54) is 0 Å². The Hall–Kier alpha value is -1.91. The second-order valence-corrected chi connectivity index (χ2v) is 5.18. The third-order valence-electron chi connectivity index (χ3n) is 3.45. The predicted octanol–water partition coefficient (Wildman–Crippen LogP) is 2.93. The molecule has 5 heteroatoms. The van der Waals surface area contributed by atoms with Crippen LogP contribution >= 0.6 is 0 Å². The molecule has 3 rings (SSSR count). The molecule has 1 saturated heterocycles. The summed E-state index contributed by atoms with van der Waals surface area (Å²) in [5, 5.41) is 4.14. The maximum atomic E-state index is 5.31. The van der Waals surface area contributed by atoms with Gasteiger partial charge >= 0.3 is 0 Å². The molecule has 0 radical (unpaired) electrons. The average Bonchev–Trinajstić information content (AvgIpc) is 3.08. The van der Waals surface area contributed by atoms with E-state index in [2.05, 4.69) is 33.9 Å². The largest absolute Gasteiger partial charge is 0.346 e. The highest BCUT2D eigenvalue weighted by Crippen LogP contribution is 2.33. The molecule has 0 amide bonds. The first-order chi connectivity index (χ1) is 9.25. The fraction of sp³-hybridized carbons (Fsp3) is 0.500. The van der Waals surface area contributed by atoms with E-state index in [0.717, 1.165) is 31.0 Å². The third-order valence-corrected chi connectivity index (χ3v) is 3.45. The van der Waals surface area contributed by atoms with Crippen LogP contribution in [0.3, 0.4) is 0 Å². The number of nitrogens with zero attached hydrogens (tertiary/aromatic N) is 4. The Morgan fingerprint density at radius 3 is 2.95 bits per heavy atom. The summed E-state index contributed by atoms with van der Waals surface area (Å²) in [6.45, 7) is 5.11. The monoisotopic (exact) mass is 258 g/mol. The number of hydrogen-bond acceptors (Lipinski definition) is 5. The number of hydrogen-bond donors (Lipinski definition) is 0. The zero-order chi connectivity index (χ0) is 13.2. The van der Waals surface area contributed by atoms with Gasteiger partial charge in [-0.15, -0.1) is 0 Å². The minimum Gasteiger partial charge on any atom is -0.346 e. The van der Waals surface area contributed by atoms with E-state index in [0.29, 0.717) is 5.89 Å². The fourth-order valence-corrected chi connectivity index (χ4v) is 2.45. The molecule has 0 N–H and O–H groups in total. The molecule has 1 fully saturated rings. The van der Waals surface area contributed by atoms with Crippen LogP contribution in [0.15, 0.2) is 28.9 Å². The standard InChI is InChI=1S/C14H18N4O/c1-10(2)14-16-13(17-19-14)11-6-5-9-18(11)12-7-3-4-8-15-12/h3-4,7-8,10-11H,5-6,9H2,1-2H3. The lowest BCUT2D eigenvalue weighted by atomic mass is 10.2. The van der Waals surface area contributed by atoms with Crippen LogP contribution in [0.2, 0.25) is 0 Å². The minimum absolute atomic E-state index is 0.186. The highest BCUT2D eigenvalue weighted by molar-refractivity contribution is 5.41. The Morgan fingerprint density at radius 2 is 2.26 bits per heavy atom. The Kier molecular flexibility index (Phi) is 3.19.